The molecule has 4 N–H and O–H groups in total. The van der Waals surface area contributed by atoms with Gasteiger partial charge in [-0.2, -0.15) is 0 Å². The van der Waals surface area contributed by atoms with E-state index in [9.17, 15) is 9.59 Å². The van der Waals surface area contributed by atoms with Crippen LogP contribution in [-0.2, 0) is 4.79 Å². The van der Waals surface area contributed by atoms with Crippen LogP contribution in [0.2, 0.25) is 0 Å². The van der Waals surface area contributed by atoms with Gasteiger partial charge in [0.15, 0.2) is 5.16 Å². The Kier molecular flexibility index (Phi) is 5.23. The second-order valence-electron chi connectivity index (χ2n) is 3.79. The summed E-state index contributed by atoms with van der Waals surface area (Å²) < 4.78 is 1.59. The summed E-state index contributed by atoms with van der Waals surface area (Å²) >= 11 is 1.45. The van der Waals surface area contributed by atoms with E-state index >= 15 is 0 Å². The van der Waals surface area contributed by atoms with Crippen LogP contribution in [0.1, 0.15) is 32.7 Å². The molecule has 1 amide bonds. The molecule has 0 saturated heterocycles. The second-order valence-corrected chi connectivity index (χ2v) is 4.86. The van der Waals surface area contributed by atoms with Crippen LogP contribution >= 0.6 is 11.8 Å². The zero-order valence-corrected chi connectivity index (χ0v) is 10.7. The average molecular weight is 259 g/mol. The number of nitrogens with zero attached hydrogens (tertiary/aromatic N) is 2. The van der Waals surface area contributed by atoms with Crippen molar-refractivity contribution >= 4 is 17.7 Å². The number of hydrazine groups is 1. The van der Waals surface area contributed by atoms with Crippen LogP contribution in [0.15, 0.2) is 9.95 Å². The van der Waals surface area contributed by atoms with E-state index in [1.807, 2.05) is 13.8 Å². The van der Waals surface area contributed by atoms with Gasteiger partial charge in [0.05, 0.1) is 0 Å². The van der Waals surface area contributed by atoms with Crippen LogP contribution in [0, 0.1) is 0 Å². The normalized spacial score (nSPS) is 10.8. The summed E-state index contributed by atoms with van der Waals surface area (Å²) in [6.07, 6.45) is 1.06. The number of rotatable bonds is 6. The molecule has 8 heteroatoms. The lowest BCUT2D eigenvalue weighted by Crippen LogP contribution is -2.29. The Morgan fingerprint density at radius 1 is 1.65 bits per heavy atom. The van der Waals surface area contributed by atoms with E-state index in [-0.39, 0.29) is 17.6 Å². The summed E-state index contributed by atoms with van der Waals surface area (Å²) in [6, 6.07) is 0.0658. The fraction of sp³-hybridized carbons (Fsp3) is 0.667. The molecule has 0 bridgehead atoms. The van der Waals surface area contributed by atoms with Gasteiger partial charge in [0.2, 0.25) is 5.91 Å². The summed E-state index contributed by atoms with van der Waals surface area (Å²) in [5.74, 6) is 5.49. The molecular weight excluding hydrogens is 242 g/mol. The predicted molar refractivity (Wildman–Crippen MR) is 65.5 cm³/mol. The summed E-state index contributed by atoms with van der Waals surface area (Å²) in [7, 11) is 0. The highest BCUT2D eigenvalue weighted by molar-refractivity contribution is 7.99. The maximum absolute atomic E-state index is 11.4. The smallest absolute Gasteiger partial charge is 0.294 e. The monoisotopic (exact) mass is 259 g/mol. The fourth-order valence-electron chi connectivity index (χ4n) is 1.32. The van der Waals surface area contributed by atoms with Gasteiger partial charge in [0, 0.05) is 18.2 Å². The number of thioether (sulfide) groups is 1. The summed E-state index contributed by atoms with van der Waals surface area (Å²) in [4.78, 5) is 22.3. The molecule has 1 heterocycles. The van der Waals surface area contributed by atoms with Crippen molar-refractivity contribution in [2.24, 2.45) is 5.84 Å². The highest BCUT2D eigenvalue weighted by atomic mass is 32.2. The first-order valence-corrected chi connectivity index (χ1v) is 6.34. The zero-order chi connectivity index (χ0) is 12.8. The zero-order valence-electron chi connectivity index (χ0n) is 9.90. The van der Waals surface area contributed by atoms with Gasteiger partial charge in [-0.25, -0.2) is 15.7 Å². The molecule has 1 aromatic heterocycles. The number of aromatic nitrogens is 3. The number of nitrogens with two attached hydrogens (primary N) is 1. The Hall–Kier alpha value is -1.28. The third-order valence-electron chi connectivity index (χ3n) is 2.13. The van der Waals surface area contributed by atoms with E-state index in [4.69, 9.17) is 5.84 Å². The Labute approximate surface area is 103 Å². The molecule has 0 spiro atoms. The minimum atomic E-state index is -0.206. The molecule has 0 radical (unpaired) electrons. The number of H-pyrrole nitrogens is 1. The Bertz CT molecular complexity index is 425. The second kappa shape index (κ2) is 6.45. The van der Waals surface area contributed by atoms with Crippen molar-refractivity contribution in [3.8, 4) is 0 Å². The van der Waals surface area contributed by atoms with Crippen molar-refractivity contribution < 1.29 is 4.79 Å². The van der Waals surface area contributed by atoms with Crippen LogP contribution in [0.3, 0.4) is 0 Å². The van der Waals surface area contributed by atoms with Crippen molar-refractivity contribution in [3.05, 3.63) is 10.5 Å². The molecule has 0 atom stereocenters. The van der Waals surface area contributed by atoms with E-state index in [2.05, 4.69) is 15.6 Å². The van der Waals surface area contributed by atoms with Gasteiger partial charge in [0.25, 0.3) is 0 Å². The SMILES string of the molecule is CC(C)n1c(SCCCC(=O)NN)n[nH]c1=O. The third kappa shape index (κ3) is 3.90. The third-order valence-corrected chi connectivity index (χ3v) is 3.17. The van der Waals surface area contributed by atoms with Crippen LogP contribution in [-0.4, -0.2) is 26.4 Å². The van der Waals surface area contributed by atoms with Crippen molar-refractivity contribution in [3.63, 3.8) is 0 Å². The van der Waals surface area contributed by atoms with Crippen molar-refractivity contribution in [1.82, 2.24) is 20.2 Å². The lowest BCUT2D eigenvalue weighted by atomic mass is 10.3. The molecule has 0 aliphatic rings. The summed E-state index contributed by atoms with van der Waals surface area (Å²) in [5.41, 5.74) is 1.87. The number of hydrogen-bond donors (Lipinski definition) is 3. The van der Waals surface area contributed by atoms with Crippen LogP contribution < -0.4 is 17.0 Å². The molecular formula is C9H17N5O2S. The fourth-order valence-corrected chi connectivity index (χ4v) is 2.33. The first kappa shape index (κ1) is 13.8. The topological polar surface area (TPSA) is 106 Å². The van der Waals surface area contributed by atoms with Gasteiger partial charge >= 0.3 is 5.69 Å². The first-order valence-electron chi connectivity index (χ1n) is 5.35. The number of hydrogen-bond acceptors (Lipinski definition) is 5. The molecule has 1 aromatic rings. The standard InChI is InChI=1S/C9H17N5O2S/c1-6(2)14-8(16)12-13-9(14)17-5-3-4-7(15)11-10/h6H,3-5,10H2,1-2H3,(H,11,15)(H,12,16). The molecule has 17 heavy (non-hydrogen) atoms. The minimum Gasteiger partial charge on any atom is -0.294 e. The van der Waals surface area contributed by atoms with Crippen molar-refractivity contribution in [2.45, 2.75) is 37.9 Å². The quantitative estimate of drug-likeness (QED) is 0.219. The highest BCUT2D eigenvalue weighted by Gasteiger charge is 2.11. The number of amides is 1. The molecule has 0 unspecified atom stereocenters. The van der Waals surface area contributed by atoms with Gasteiger partial charge < -0.3 is 0 Å². The van der Waals surface area contributed by atoms with E-state index in [1.54, 1.807) is 4.57 Å². The molecule has 0 aliphatic carbocycles. The molecule has 0 aromatic carbocycles. The van der Waals surface area contributed by atoms with Crippen LogP contribution in [0.25, 0.3) is 0 Å². The van der Waals surface area contributed by atoms with Gasteiger partial charge in [-0.05, 0) is 20.3 Å². The van der Waals surface area contributed by atoms with Gasteiger partial charge in [0.1, 0.15) is 0 Å². The van der Waals surface area contributed by atoms with Crippen molar-refractivity contribution in [2.75, 3.05) is 5.75 Å². The highest BCUT2D eigenvalue weighted by Crippen LogP contribution is 2.17. The predicted octanol–water partition coefficient (Wildman–Crippen LogP) is 0.0145. The Morgan fingerprint density at radius 2 is 2.35 bits per heavy atom. The Morgan fingerprint density at radius 3 is 2.94 bits per heavy atom. The summed E-state index contributed by atoms with van der Waals surface area (Å²) in [5, 5.41) is 7.00. The lowest BCUT2D eigenvalue weighted by Gasteiger charge is -2.07. The summed E-state index contributed by atoms with van der Waals surface area (Å²) in [6.45, 7) is 3.84. The van der Waals surface area contributed by atoms with Gasteiger partial charge in [-0.1, -0.05) is 11.8 Å². The molecule has 0 fully saturated rings. The number of carbonyl (C=O) groups excluding carboxylic acids is 1. The average Bonchev–Trinajstić information content (AvgIpc) is 2.65. The van der Waals surface area contributed by atoms with E-state index in [0.29, 0.717) is 23.8 Å². The number of aromatic amines is 1. The molecule has 1 rings (SSSR count). The molecule has 0 aliphatic heterocycles. The van der Waals surface area contributed by atoms with E-state index < -0.39 is 0 Å². The molecule has 0 saturated carbocycles. The van der Waals surface area contributed by atoms with Crippen LogP contribution in [0.5, 0.6) is 0 Å². The van der Waals surface area contributed by atoms with Crippen LogP contribution in [0.4, 0.5) is 0 Å². The Balaban J connectivity index is 2.47. The largest absolute Gasteiger partial charge is 0.344 e. The first-order chi connectivity index (χ1) is 8.06. The maximum Gasteiger partial charge on any atom is 0.344 e. The van der Waals surface area contributed by atoms with Crippen molar-refractivity contribution in [1.29, 1.82) is 0 Å². The minimum absolute atomic E-state index is 0.0658. The van der Waals surface area contributed by atoms with E-state index in [0.717, 1.165) is 0 Å². The number of nitrogens with one attached hydrogen (secondary N) is 2. The van der Waals surface area contributed by atoms with Gasteiger partial charge in [-0.3, -0.25) is 14.8 Å². The molecule has 96 valence electrons. The lowest BCUT2D eigenvalue weighted by molar-refractivity contribution is -0.121. The maximum atomic E-state index is 11.4. The molecule has 7 nitrogen and oxygen atoms in total. The van der Waals surface area contributed by atoms with E-state index in [1.165, 1.54) is 11.8 Å². The van der Waals surface area contributed by atoms with Gasteiger partial charge in [-0.15, -0.1) is 5.10 Å². The number of carbonyl (C=O) groups is 1.